The molecule has 0 bridgehead atoms. The van der Waals surface area contributed by atoms with Crippen molar-refractivity contribution < 1.29 is 5.11 Å². The lowest BCUT2D eigenvalue weighted by molar-refractivity contribution is 0.266. The minimum absolute atomic E-state index is 0.151. The van der Waals surface area contributed by atoms with Gasteiger partial charge in [-0.2, -0.15) is 0 Å². The second-order valence-electron chi connectivity index (χ2n) is 6.28. The summed E-state index contributed by atoms with van der Waals surface area (Å²) in [5.74, 6) is 2.45. The van der Waals surface area contributed by atoms with E-state index in [9.17, 15) is 5.11 Å². The molecule has 2 N–H and O–H groups in total. The Balaban J connectivity index is 1.41. The molecule has 8 nitrogen and oxygen atoms in total. The molecule has 26 heavy (non-hydrogen) atoms. The molecule has 8 heteroatoms. The molecular formula is C18H21N7O. The fraction of sp³-hybridized carbons (Fsp3) is 0.333. The Morgan fingerprint density at radius 1 is 1.19 bits per heavy atom. The molecule has 1 saturated heterocycles. The van der Waals surface area contributed by atoms with Crippen LogP contribution >= 0.6 is 0 Å². The zero-order valence-corrected chi connectivity index (χ0v) is 14.4. The predicted molar refractivity (Wildman–Crippen MR) is 98.2 cm³/mol. The Labute approximate surface area is 151 Å². The molecule has 1 atom stereocenters. The van der Waals surface area contributed by atoms with Crippen LogP contribution < -0.4 is 10.2 Å². The summed E-state index contributed by atoms with van der Waals surface area (Å²) in [5.41, 5.74) is 1.06. The van der Waals surface area contributed by atoms with Gasteiger partial charge in [0.25, 0.3) is 0 Å². The Kier molecular flexibility index (Phi) is 4.74. The van der Waals surface area contributed by atoms with Crippen molar-refractivity contribution in [3.8, 4) is 5.82 Å². The van der Waals surface area contributed by atoms with Gasteiger partial charge in [-0.1, -0.05) is 6.07 Å². The molecule has 0 spiro atoms. The highest BCUT2D eigenvalue weighted by Gasteiger charge is 2.25. The van der Waals surface area contributed by atoms with E-state index in [4.69, 9.17) is 0 Å². The first-order chi connectivity index (χ1) is 12.8. The molecule has 0 aromatic carbocycles. The molecule has 3 aromatic rings. The quantitative estimate of drug-likeness (QED) is 0.697. The molecule has 0 aliphatic carbocycles. The van der Waals surface area contributed by atoms with Crippen molar-refractivity contribution in [3.05, 3.63) is 55.0 Å². The molecule has 0 saturated carbocycles. The number of hydrogen-bond acceptors (Lipinski definition) is 7. The van der Waals surface area contributed by atoms with Gasteiger partial charge in [0, 0.05) is 37.7 Å². The standard InChI is InChI=1S/C18H21N7O/c26-11-15-2-1-6-25(15)18-8-16(22-12-23-18)20-9-14-3-4-17(21-10-14)24-7-5-19-13-24/h3-5,7-8,10,12-13,15,26H,1-2,6,9,11H2,(H,20,22,23). The van der Waals surface area contributed by atoms with E-state index in [-0.39, 0.29) is 12.6 Å². The first-order valence-corrected chi connectivity index (χ1v) is 8.70. The normalized spacial score (nSPS) is 16.8. The number of aromatic nitrogens is 5. The van der Waals surface area contributed by atoms with E-state index in [2.05, 4.69) is 30.2 Å². The summed E-state index contributed by atoms with van der Waals surface area (Å²) in [6, 6.07) is 6.07. The Hall–Kier alpha value is -3.00. The third kappa shape index (κ3) is 3.50. The highest BCUT2D eigenvalue weighted by Crippen LogP contribution is 2.24. The molecule has 1 aliphatic rings. The summed E-state index contributed by atoms with van der Waals surface area (Å²) in [4.78, 5) is 19.3. The van der Waals surface area contributed by atoms with Crippen molar-refractivity contribution in [3.63, 3.8) is 0 Å². The van der Waals surface area contributed by atoms with Crippen LogP contribution in [0.5, 0.6) is 0 Å². The van der Waals surface area contributed by atoms with Crippen molar-refractivity contribution in [2.45, 2.75) is 25.4 Å². The number of rotatable bonds is 6. The molecule has 4 rings (SSSR count). The fourth-order valence-electron chi connectivity index (χ4n) is 3.19. The number of imidazole rings is 1. The lowest BCUT2D eigenvalue weighted by atomic mass is 10.2. The summed E-state index contributed by atoms with van der Waals surface area (Å²) >= 11 is 0. The van der Waals surface area contributed by atoms with Gasteiger partial charge in [-0.25, -0.2) is 19.9 Å². The molecule has 1 aliphatic heterocycles. The van der Waals surface area contributed by atoms with Crippen LogP contribution in [0, 0.1) is 0 Å². The van der Waals surface area contributed by atoms with E-state index in [0.29, 0.717) is 6.54 Å². The summed E-state index contributed by atoms with van der Waals surface area (Å²) < 4.78 is 1.86. The first kappa shape index (κ1) is 16.5. The fourth-order valence-corrected chi connectivity index (χ4v) is 3.19. The number of aliphatic hydroxyl groups is 1. The highest BCUT2D eigenvalue weighted by molar-refractivity contribution is 5.50. The summed E-state index contributed by atoms with van der Waals surface area (Å²) in [6.45, 7) is 1.69. The van der Waals surface area contributed by atoms with Crippen LogP contribution in [-0.4, -0.2) is 48.8 Å². The topological polar surface area (TPSA) is 92.0 Å². The van der Waals surface area contributed by atoms with Crippen molar-refractivity contribution in [1.82, 2.24) is 24.5 Å². The third-order valence-electron chi connectivity index (χ3n) is 4.59. The van der Waals surface area contributed by atoms with Crippen LogP contribution in [-0.2, 0) is 6.54 Å². The molecule has 1 fully saturated rings. The van der Waals surface area contributed by atoms with Gasteiger partial charge >= 0.3 is 0 Å². The smallest absolute Gasteiger partial charge is 0.137 e. The van der Waals surface area contributed by atoms with E-state index in [1.807, 2.05) is 35.2 Å². The highest BCUT2D eigenvalue weighted by atomic mass is 16.3. The maximum atomic E-state index is 9.50. The Bertz CT molecular complexity index is 835. The summed E-state index contributed by atoms with van der Waals surface area (Å²) in [6.07, 6.45) is 10.8. The van der Waals surface area contributed by atoms with Gasteiger partial charge in [0.2, 0.25) is 0 Å². The number of pyridine rings is 1. The summed E-state index contributed by atoms with van der Waals surface area (Å²) in [5, 5.41) is 12.8. The van der Waals surface area contributed by atoms with E-state index in [1.54, 1.807) is 18.9 Å². The van der Waals surface area contributed by atoms with E-state index in [1.165, 1.54) is 0 Å². The van der Waals surface area contributed by atoms with Gasteiger partial charge in [-0.05, 0) is 24.5 Å². The van der Waals surface area contributed by atoms with Crippen LogP contribution in [0.1, 0.15) is 18.4 Å². The molecule has 0 radical (unpaired) electrons. The van der Waals surface area contributed by atoms with Crippen molar-refractivity contribution in [1.29, 1.82) is 0 Å². The zero-order valence-electron chi connectivity index (χ0n) is 14.4. The SMILES string of the molecule is OCC1CCCN1c1cc(NCc2ccc(-n3ccnc3)nc2)ncn1. The Morgan fingerprint density at radius 3 is 2.92 bits per heavy atom. The van der Waals surface area contributed by atoms with E-state index in [0.717, 1.165) is 42.4 Å². The maximum absolute atomic E-state index is 9.50. The molecule has 0 amide bonds. The van der Waals surface area contributed by atoms with E-state index >= 15 is 0 Å². The van der Waals surface area contributed by atoms with Crippen LogP contribution in [0.25, 0.3) is 5.82 Å². The van der Waals surface area contributed by atoms with Crippen molar-refractivity contribution >= 4 is 11.6 Å². The number of nitrogens with one attached hydrogen (secondary N) is 1. The first-order valence-electron chi connectivity index (χ1n) is 8.70. The molecule has 3 aromatic heterocycles. The number of hydrogen-bond donors (Lipinski definition) is 2. The molecule has 1 unspecified atom stereocenters. The second kappa shape index (κ2) is 7.49. The van der Waals surface area contributed by atoms with Crippen LogP contribution in [0.3, 0.4) is 0 Å². The minimum atomic E-state index is 0.151. The predicted octanol–water partition coefficient (Wildman–Crippen LogP) is 1.63. The van der Waals surface area contributed by atoms with Crippen molar-refractivity contribution in [2.75, 3.05) is 23.4 Å². The van der Waals surface area contributed by atoms with Gasteiger partial charge in [-0.15, -0.1) is 0 Å². The maximum Gasteiger partial charge on any atom is 0.137 e. The monoisotopic (exact) mass is 351 g/mol. The lowest BCUT2D eigenvalue weighted by Gasteiger charge is -2.24. The average molecular weight is 351 g/mol. The van der Waals surface area contributed by atoms with Gasteiger partial charge in [0.1, 0.15) is 30.1 Å². The molecule has 134 valence electrons. The van der Waals surface area contributed by atoms with E-state index < -0.39 is 0 Å². The molecular weight excluding hydrogens is 330 g/mol. The van der Waals surface area contributed by atoms with Gasteiger partial charge in [0.15, 0.2) is 0 Å². The average Bonchev–Trinajstić information content (AvgIpc) is 3.38. The third-order valence-corrected chi connectivity index (χ3v) is 4.59. The van der Waals surface area contributed by atoms with Gasteiger partial charge in [0.05, 0.1) is 12.6 Å². The lowest BCUT2D eigenvalue weighted by Crippen LogP contribution is -2.32. The number of nitrogens with zero attached hydrogens (tertiary/aromatic N) is 6. The molecule has 4 heterocycles. The zero-order chi connectivity index (χ0) is 17.8. The number of anilines is 2. The van der Waals surface area contributed by atoms with Crippen LogP contribution in [0.4, 0.5) is 11.6 Å². The second-order valence-corrected chi connectivity index (χ2v) is 6.28. The van der Waals surface area contributed by atoms with Gasteiger partial charge < -0.3 is 15.3 Å². The van der Waals surface area contributed by atoms with Gasteiger partial charge in [-0.3, -0.25) is 4.57 Å². The van der Waals surface area contributed by atoms with Crippen LogP contribution in [0.15, 0.2) is 49.4 Å². The Morgan fingerprint density at radius 2 is 2.15 bits per heavy atom. The van der Waals surface area contributed by atoms with Crippen molar-refractivity contribution in [2.24, 2.45) is 0 Å². The largest absolute Gasteiger partial charge is 0.394 e. The number of aliphatic hydroxyl groups excluding tert-OH is 1. The van der Waals surface area contributed by atoms with Crippen LogP contribution in [0.2, 0.25) is 0 Å². The minimum Gasteiger partial charge on any atom is -0.394 e. The summed E-state index contributed by atoms with van der Waals surface area (Å²) in [7, 11) is 0.